The molecule has 0 heterocycles. The van der Waals surface area contributed by atoms with Crippen molar-refractivity contribution >= 4 is 17.7 Å². The van der Waals surface area contributed by atoms with Gasteiger partial charge in [0.15, 0.2) is 5.75 Å². The Hall–Kier alpha value is -2.24. The summed E-state index contributed by atoms with van der Waals surface area (Å²) in [6.07, 6.45) is 1.84. The van der Waals surface area contributed by atoms with Crippen molar-refractivity contribution in [2.24, 2.45) is 0 Å². The first kappa shape index (κ1) is 12.2. The van der Waals surface area contributed by atoms with Crippen molar-refractivity contribution in [3.8, 4) is 5.75 Å². The molecule has 0 radical (unpaired) electrons. The molecule has 2 amide bonds. The minimum atomic E-state index is -1.24. The van der Waals surface area contributed by atoms with Gasteiger partial charge in [-0.25, -0.2) is 9.59 Å². The van der Waals surface area contributed by atoms with E-state index >= 15 is 0 Å². The van der Waals surface area contributed by atoms with Gasteiger partial charge in [0.05, 0.1) is 5.69 Å². The molecule has 0 bridgehead atoms. The summed E-state index contributed by atoms with van der Waals surface area (Å²) in [5.74, 6) is -1.69. The fraction of sp³-hybridized carbons (Fsp3) is 0.333. The number of aromatic hydroxyl groups is 1. The first-order valence-corrected chi connectivity index (χ1v) is 5.56. The highest BCUT2D eigenvalue weighted by molar-refractivity contribution is 5.97. The number of nitrogens with one attached hydrogen (secondary N) is 2. The lowest BCUT2D eigenvalue weighted by molar-refractivity contribution is 0.0693. The molecular weight excluding hydrogens is 236 g/mol. The van der Waals surface area contributed by atoms with Crippen molar-refractivity contribution in [1.82, 2.24) is 5.32 Å². The van der Waals surface area contributed by atoms with Crippen molar-refractivity contribution in [3.63, 3.8) is 0 Å². The van der Waals surface area contributed by atoms with Gasteiger partial charge in [-0.05, 0) is 31.9 Å². The molecular formula is C12H14N2O4. The van der Waals surface area contributed by atoms with Gasteiger partial charge in [0.1, 0.15) is 5.56 Å². The molecule has 1 aromatic rings. The Labute approximate surface area is 104 Å². The summed E-state index contributed by atoms with van der Waals surface area (Å²) in [6, 6.07) is 3.71. The van der Waals surface area contributed by atoms with Gasteiger partial charge in [-0.2, -0.15) is 0 Å². The molecule has 1 fully saturated rings. The van der Waals surface area contributed by atoms with Crippen molar-refractivity contribution in [1.29, 1.82) is 0 Å². The Bertz CT molecular complexity index is 509. The second-order valence-electron chi connectivity index (χ2n) is 4.65. The number of anilines is 1. The van der Waals surface area contributed by atoms with Gasteiger partial charge >= 0.3 is 12.0 Å². The molecule has 0 aromatic heterocycles. The molecule has 2 rings (SSSR count). The molecule has 1 saturated carbocycles. The highest BCUT2D eigenvalue weighted by atomic mass is 16.4. The maximum atomic E-state index is 11.6. The predicted octanol–water partition coefficient (Wildman–Crippen LogP) is 1.76. The van der Waals surface area contributed by atoms with E-state index < -0.39 is 17.7 Å². The summed E-state index contributed by atoms with van der Waals surface area (Å²) in [7, 11) is 0. The van der Waals surface area contributed by atoms with Crippen LogP contribution < -0.4 is 10.6 Å². The van der Waals surface area contributed by atoms with Crippen molar-refractivity contribution in [2.45, 2.75) is 25.3 Å². The molecule has 0 saturated heterocycles. The third-order valence-electron chi connectivity index (χ3n) is 2.93. The van der Waals surface area contributed by atoms with Crippen LogP contribution in [0.15, 0.2) is 18.2 Å². The number of aromatic carboxylic acids is 1. The van der Waals surface area contributed by atoms with Crippen LogP contribution in [-0.2, 0) is 0 Å². The number of hydrogen-bond donors (Lipinski definition) is 4. The zero-order chi connectivity index (χ0) is 13.3. The Kier molecular flexibility index (Phi) is 2.86. The summed E-state index contributed by atoms with van der Waals surface area (Å²) in [5.41, 5.74) is -0.341. The first-order chi connectivity index (χ1) is 8.41. The van der Waals surface area contributed by atoms with E-state index in [-0.39, 0.29) is 16.8 Å². The van der Waals surface area contributed by atoms with E-state index in [1.807, 2.05) is 6.92 Å². The van der Waals surface area contributed by atoms with Crippen LogP contribution in [-0.4, -0.2) is 27.8 Å². The maximum absolute atomic E-state index is 11.6. The van der Waals surface area contributed by atoms with Crippen LogP contribution in [0.25, 0.3) is 0 Å². The lowest BCUT2D eigenvalue weighted by Gasteiger charge is -2.13. The molecule has 0 aliphatic heterocycles. The summed E-state index contributed by atoms with van der Waals surface area (Å²) in [4.78, 5) is 22.4. The standard InChI is InChI=1S/C12H14N2O4/c1-12(5-6-12)14-11(18)13-8-4-2-3-7(9(8)15)10(16)17/h2-4,15H,5-6H2,1H3,(H,16,17)(H2,13,14,18). The van der Waals surface area contributed by atoms with E-state index in [2.05, 4.69) is 10.6 Å². The number of urea groups is 1. The lowest BCUT2D eigenvalue weighted by Crippen LogP contribution is -2.37. The van der Waals surface area contributed by atoms with Crippen LogP contribution in [0.4, 0.5) is 10.5 Å². The minimum Gasteiger partial charge on any atom is -0.505 e. The highest BCUT2D eigenvalue weighted by Crippen LogP contribution is 2.34. The third-order valence-corrected chi connectivity index (χ3v) is 2.93. The second-order valence-corrected chi connectivity index (χ2v) is 4.65. The average Bonchev–Trinajstić information content (AvgIpc) is 2.98. The van der Waals surface area contributed by atoms with Gasteiger partial charge in [-0.1, -0.05) is 6.07 Å². The van der Waals surface area contributed by atoms with E-state index in [0.717, 1.165) is 12.8 Å². The Morgan fingerprint density at radius 1 is 1.33 bits per heavy atom. The van der Waals surface area contributed by atoms with E-state index in [9.17, 15) is 14.7 Å². The average molecular weight is 250 g/mol. The molecule has 6 nitrogen and oxygen atoms in total. The van der Waals surface area contributed by atoms with Gasteiger partial charge in [0.25, 0.3) is 0 Å². The summed E-state index contributed by atoms with van der Waals surface area (Å²) < 4.78 is 0. The number of rotatable bonds is 3. The molecule has 96 valence electrons. The fourth-order valence-corrected chi connectivity index (χ4v) is 1.56. The molecule has 1 aromatic carbocycles. The molecule has 6 heteroatoms. The van der Waals surface area contributed by atoms with Crippen LogP contribution in [0.1, 0.15) is 30.1 Å². The third kappa shape index (κ3) is 2.53. The van der Waals surface area contributed by atoms with Crippen LogP contribution in [0.5, 0.6) is 5.75 Å². The predicted molar refractivity (Wildman–Crippen MR) is 64.9 cm³/mol. The SMILES string of the molecule is CC1(NC(=O)Nc2cccc(C(=O)O)c2O)CC1. The van der Waals surface area contributed by atoms with Crippen LogP contribution >= 0.6 is 0 Å². The smallest absolute Gasteiger partial charge is 0.339 e. The van der Waals surface area contributed by atoms with Crippen molar-refractivity contribution in [2.75, 3.05) is 5.32 Å². The molecule has 4 N–H and O–H groups in total. The molecule has 0 spiro atoms. The number of hydrogen-bond acceptors (Lipinski definition) is 3. The number of carboxylic acid groups (broad SMARTS) is 1. The fourth-order valence-electron chi connectivity index (χ4n) is 1.56. The van der Waals surface area contributed by atoms with E-state index in [4.69, 9.17) is 5.11 Å². The van der Waals surface area contributed by atoms with Gasteiger partial charge in [-0.15, -0.1) is 0 Å². The van der Waals surface area contributed by atoms with Crippen molar-refractivity contribution < 1.29 is 19.8 Å². The first-order valence-electron chi connectivity index (χ1n) is 5.56. The Balaban J connectivity index is 2.11. The minimum absolute atomic E-state index is 0.0802. The van der Waals surface area contributed by atoms with Gasteiger partial charge in [0, 0.05) is 5.54 Å². The van der Waals surface area contributed by atoms with Crippen LogP contribution in [0.2, 0.25) is 0 Å². The van der Waals surface area contributed by atoms with Crippen molar-refractivity contribution in [3.05, 3.63) is 23.8 Å². The Morgan fingerprint density at radius 2 is 2.00 bits per heavy atom. The zero-order valence-electron chi connectivity index (χ0n) is 9.86. The van der Waals surface area contributed by atoms with Crippen LogP contribution in [0, 0.1) is 0 Å². The molecule has 1 aliphatic carbocycles. The number of para-hydroxylation sites is 1. The normalized spacial score (nSPS) is 15.8. The largest absolute Gasteiger partial charge is 0.505 e. The Morgan fingerprint density at radius 3 is 2.56 bits per heavy atom. The monoisotopic (exact) mass is 250 g/mol. The molecule has 0 atom stereocenters. The number of carbonyl (C=O) groups excluding carboxylic acids is 1. The summed E-state index contributed by atoms with van der Waals surface area (Å²) in [6.45, 7) is 1.92. The van der Waals surface area contributed by atoms with Crippen LogP contribution in [0.3, 0.4) is 0 Å². The maximum Gasteiger partial charge on any atom is 0.339 e. The summed E-state index contributed by atoms with van der Waals surface area (Å²) in [5, 5.41) is 23.7. The number of phenols is 1. The zero-order valence-corrected chi connectivity index (χ0v) is 9.86. The number of benzene rings is 1. The highest BCUT2D eigenvalue weighted by Gasteiger charge is 2.38. The quantitative estimate of drug-likeness (QED) is 0.614. The van der Waals surface area contributed by atoms with Gasteiger partial charge in [0.2, 0.25) is 0 Å². The van der Waals surface area contributed by atoms with Gasteiger partial charge < -0.3 is 20.8 Å². The molecule has 18 heavy (non-hydrogen) atoms. The number of carboxylic acids is 1. The van der Waals surface area contributed by atoms with E-state index in [0.29, 0.717) is 0 Å². The number of amides is 2. The lowest BCUT2D eigenvalue weighted by atomic mass is 10.1. The summed E-state index contributed by atoms with van der Waals surface area (Å²) >= 11 is 0. The van der Waals surface area contributed by atoms with E-state index in [1.165, 1.54) is 18.2 Å². The molecule has 0 unspecified atom stereocenters. The van der Waals surface area contributed by atoms with Gasteiger partial charge in [-0.3, -0.25) is 0 Å². The molecule has 1 aliphatic rings. The second kappa shape index (κ2) is 4.21. The number of carbonyl (C=O) groups is 2. The van der Waals surface area contributed by atoms with E-state index in [1.54, 1.807) is 0 Å². The topological polar surface area (TPSA) is 98.7 Å².